The molecule has 0 bridgehead atoms. The van der Waals surface area contributed by atoms with Crippen molar-refractivity contribution < 1.29 is 9.59 Å². The molecule has 162 valence electrons. The topological polar surface area (TPSA) is 61.4 Å². The van der Waals surface area contributed by atoms with Crippen LogP contribution in [0.15, 0.2) is 77.3 Å². The Morgan fingerprint density at radius 2 is 1.91 bits per heavy atom. The molecular weight excluding hydrogens is 442 g/mol. The van der Waals surface area contributed by atoms with E-state index in [4.69, 9.17) is 11.6 Å². The molecule has 5 rings (SSSR count). The van der Waals surface area contributed by atoms with E-state index < -0.39 is 0 Å². The van der Waals surface area contributed by atoms with E-state index in [1.807, 2.05) is 58.8 Å². The minimum Gasteiger partial charge on any atom is -0.357 e. The Balaban J connectivity index is 1.59. The number of nitrogens with one attached hydrogen (secondary N) is 2. The summed E-state index contributed by atoms with van der Waals surface area (Å²) in [5.41, 5.74) is 4.09. The molecular formula is C25H22ClN3O2S. The predicted octanol–water partition coefficient (Wildman–Crippen LogP) is 6.02. The molecule has 0 saturated heterocycles. The summed E-state index contributed by atoms with van der Waals surface area (Å²) < 4.78 is 0. The second kappa shape index (κ2) is 8.81. The highest BCUT2D eigenvalue weighted by molar-refractivity contribution is 7.10. The first-order chi connectivity index (χ1) is 15.6. The molecule has 2 aromatic carbocycles. The molecule has 32 heavy (non-hydrogen) atoms. The van der Waals surface area contributed by atoms with Gasteiger partial charge in [0.25, 0.3) is 0 Å². The summed E-state index contributed by atoms with van der Waals surface area (Å²) in [6.07, 6.45) is 2.17. The number of para-hydroxylation sites is 3. The van der Waals surface area contributed by atoms with Gasteiger partial charge in [-0.1, -0.05) is 41.9 Å². The van der Waals surface area contributed by atoms with Gasteiger partial charge in [-0.3, -0.25) is 9.59 Å². The third-order valence-electron chi connectivity index (χ3n) is 5.81. The number of rotatable bonds is 4. The Hall–Kier alpha value is -3.09. The second-order valence-corrected chi connectivity index (χ2v) is 9.27. The Labute approximate surface area is 195 Å². The van der Waals surface area contributed by atoms with E-state index >= 15 is 0 Å². The number of allylic oxidation sites excluding steroid dienone is 1. The average Bonchev–Trinajstić information content (AvgIpc) is 3.27. The van der Waals surface area contributed by atoms with Crippen molar-refractivity contribution in [3.05, 3.63) is 87.2 Å². The summed E-state index contributed by atoms with van der Waals surface area (Å²) in [6.45, 7) is 0.0799. The number of fused-ring (bicyclic) bond motifs is 1. The number of carbonyl (C=O) groups is 2. The lowest BCUT2D eigenvalue weighted by atomic mass is 9.88. The lowest BCUT2D eigenvalue weighted by Crippen LogP contribution is -2.38. The first-order valence-corrected chi connectivity index (χ1v) is 11.8. The minimum atomic E-state index is -0.328. The number of thiophene rings is 1. The Kier molecular flexibility index (Phi) is 5.72. The van der Waals surface area contributed by atoms with Crippen molar-refractivity contribution in [1.29, 1.82) is 0 Å². The van der Waals surface area contributed by atoms with E-state index in [-0.39, 0.29) is 24.3 Å². The van der Waals surface area contributed by atoms with Gasteiger partial charge in [0.15, 0.2) is 5.78 Å². The molecule has 1 atom stereocenters. The smallest absolute Gasteiger partial charge is 0.243 e. The normalized spacial score (nSPS) is 17.8. The number of nitrogens with zero attached hydrogens (tertiary/aromatic N) is 1. The van der Waals surface area contributed by atoms with Crippen LogP contribution in [0.3, 0.4) is 0 Å². The fraction of sp³-hybridized carbons (Fsp3) is 0.200. The quantitative estimate of drug-likeness (QED) is 0.496. The van der Waals surface area contributed by atoms with Crippen LogP contribution in [0, 0.1) is 0 Å². The fourth-order valence-corrected chi connectivity index (χ4v) is 5.45. The van der Waals surface area contributed by atoms with Crippen LogP contribution in [0.5, 0.6) is 0 Å². The van der Waals surface area contributed by atoms with Crippen molar-refractivity contribution in [3.8, 4) is 0 Å². The summed E-state index contributed by atoms with van der Waals surface area (Å²) in [4.78, 5) is 29.4. The number of anilines is 3. The van der Waals surface area contributed by atoms with Crippen LogP contribution in [0.4, 0.5) is 17.1 Å². The molecule has 2 heterocycles. The predicted molar refractivity (Wildman–Crippen MR) is 130 cm³/mol. The van der Waals surface area contributed by atoms with E-state index in [0.29, 0.717) is 17.1 Å². The molecule has 0 radical (unpaired) electrons. The van der Waals surface area contributed by atoms with Crippen LogP contribution in [0.1, 0.15) is 30.2 Å². The highest BCUT2D eigenvalue weighted by Crippen LogP contribution is 2.45. The summed E-state index contributed by atoms with van der Waals surface area (Å²) in [7, 11) is 0. The summed E-state index contributed by atoms with van der Waals surface area (Å²) >= 11 is 7.85. The van der Waals surface area contributed by atoms with Crippen LogP contribution in [-0.2, 0) is 9.59 Å². The van der Waals surface area contributed by atoms with Gasteiger partial charge in [0, 0.05) is 22.6 Å². The lowest BCUT2D eigenvalue weighted by Gasteiger charge is -2.34. The Bertz CT molecular complexity index is 1210. The van der Waals surface area contributed by atoms with Gasteiger partial charge in [0.2, 0.25) is 5.91 Å². The van der Waals surface area contributed by atoms with E-state index in [1.165, 1.54) is 0 Å². The van der Waals surface area contributed by atoms with Gasteiger partial charge in [-0.2, -0.15) is 0 Å². The van der Waals surface area contributed by atoms with Crippen LogP contribution in [0.2, 0.25) is 5.02 Å². The van der Waals surface area contributed by atoms with Crippen molar-refractivity contribution in [2.24, 2.45) is 0 Å². The SMILES string of the molecule is O=C(CN1c2ccccc2NC2=C(C(=O)CCC2)[C@@H]1c1cccs1)Nc1ccccc1Cl. The molecule has 5 nitrogen and oxygen atoms in total. The fourth-order valence-electron chi connectivity index (χ4n) is 4.42. The molecule has 1 aromatic heterocycles. The van der Waals surface area contributed by atoms with Crippen LogP contribution < -0.4 is 15.5 Å². The number of amides is 1. The summed E-state index contributed by atoms with van der Waals surface area (Å²) in [5.74, 6) is -0.0526. The minimum absolute atomic E-state index is 0.0799. The number of hydrogen-bond donors (Lipinski definition) is 2. The molecule has 2 aliphatic rings. The van der Waals surface area contributed by atoms with Gasteiger partial charge in [0.1, 0.15) is 0 Å². The van der Waals surface area contributed by atoms with Gasteiger partial charge < -0.3 is 15.5 Å². The molecule has 0 saturated carbocycles. The summed E-state index contributed by atoms with van der Waals surface area (Å²) in [6, 6.07) is 18.8. The van der Waals surface area contributed by atoms with Gasteiger partial charge in [-0.05, 0) is 48.6 Å². The zero-order chi connectivity index (χ0) is 22.1. The monoisotopic (exact) mass is 463 g/mol. The lowest BCUT2D eigenvalue weighted by molar-refractivity contribution is -0.117. The molecule has 7 heteroatoms. The third-order valence-corrected chi connectivity index (χ3v) is 7.07. The van der Waals surface area contributed by atoms with Gasteiger partial charge in [-0.15, -0.1) is 11.3 Å². The van der Waals surface area contributed by atoms with Gasteiger partial charge in [-0.25, -0.2) is 0 Å². The molecule has 2 N–H and O–H groups in total. The second-order valence-electron chi connectivity index (χ2n) is 7.88. The Morgan fingerprint density at radius 3 is 2.72 bits per heavy atom. The van der Waals surface area contributed by atoms with E-state index in [9.17, 15) is 9.59 Å². The Morgan fingerprint density at radius 1 is 1.09 bits per heavy atom. The maximum absolute atomic E-state index is 13.2. The van der Waals surface area contributed by atoms with Gasteiger partial charge in [0.05, 0.1) is 34.7 Å². The number of halogens is 1. The molecule has 0 unspecified atom stereocenters. The van der Waals surface area contributed by atoms with E-state index in [0.717, 1.165) is 40.4 Å². The average molecular weight is 464 g/mol. The van der Waals surface area contributed by atoms with Crippen molar-refractivity contribution in [2.45, 2.75) is 25.3 Å². The maximum Gasteiger partial charge on any atom is 0.243 e. The molecule has 0 fully saturated rings. The van der Waals surface area contributed by atoms with Crippen molar-refractivity contribution in [3.63, 3.8) is 0 Å². The van der Waals surface area contributed by atoms with Crippen LogP contribution in [-0.4, -0.2) is 18.2 Å². The van der Waals surface area contributed by atoms with E-state index in [1.54, 1.807) is 23.5 Å². The van der Waals surface area contributed by atoms with Crippen LogP contribution in [0.25, 0.3) is 0 Å². The first kappa shape index (κ1) is 20.8. The summed E-state index contributed by atoms with van der Waals surface area (Å²) in [5, 5.41) is 8.94. The van der Waals surface area contributed by atoms with Crippen molar-refractivity contribution in [2.75, 3.05) is 22.1 Å². The highest BCUT2D eigenvalue weighted by atomic mass is 35.5. The molecule has 1 amide bonds. The van der Waals surface area contributed by atoms with Crippen molar-refractivity contribution in [1.82, 2.24) is 0 Å². The van der Waals surface area contributed by atoms with Gasteiger partial charge >= 0.3 is 0 Å². The zero-order valence-electron chi connectivity index (χ0n) is 17.3. The molecule has 0 spiro atoms. The van der Waals surface area contributed by atoms with Crippen LogP contribution >= 0.6 is 22.9 Å². The van der Waals surface area contributed by atoms with E-state index in [2.05, 4.69) is 10.6 Å². The maximum atomic E-state index is 13.2. The number of Topliss-reactive ketones (excluding diaryl/α,β-unsaturated/α-hetero) is 1. The largest absolute Gasteiger partial charge is 0.357 e. The highest BCUT2D eigenvalue weighted by Gasteiger charge is 2.37. The molecule has 3 aromatic rings. The van der Waals surface area contributed by atoms with Crippen molar-refractivity contribution >= 4 is 51.7 Å². The molecule has 1 aliphatic carbocycles. The zero-order valence-corrected chi connectivity index (χ0v) is 18.9. The number of ketones is 1. The first-order valence-electron chi connectivity index (χ1n) is 10.6. The third kappa shape index (κ3) is 3.92. The standard InChI is InChI=1S/C25H22ClN3O2S/c26-16-7-1-2-8-17(16)28-23(31)15-29-20-11-4-3-9-18(20)27-19-10-5-12-21(30)24(19)25(29)22-13-6-14-32-22/h1-4,6-9,11,13-14,25,27H,5,10,12,15H2,(H,28,31)/t25-/m0/s1. The number of benzene rings is 2. The number of hydrogen-bond acceptors (Lipinski definition) is 5. The molecule has 1 aliphatic heterocycles. The number of carbonyl (C=O) groups excluding carboxylic acids is 2.